The van der Waals surface area contributed by atoms with E-state index in [1.807, 2.05) is 12.1 Å². The van der Waals surface area contributed by atoms with E-state index in [-0.39, 0.29) is 0 Å². The molecule has 1 heterocycles. The van der Waals surface area contributed by atoms with Gasteiger partial charge in [0.2, 0.25) is 0 Å². The first kappa shape index (κ1) is 6.49. The van der Waals surface area contributed by atoms with Crippen LogP contribution in [0.4, 0.5) is 0 Å². The van der Waals surface area contributed by atoms with Gasteiger partial charge in [-0.3, -0.25) is 0 Å². The van der Waals surface area contributed by atoms with Gasteiger partial charge in [0.05, 0.1) is 13.2 Å². The van der Waals surface area contributed by atoms with Gasteiger partial charge in [0.25, 0.3) is 0 Å². The second-order valence-electron chi connectivity index (χ2n) is 3.33. The molecule has 0 amide bonds. The quantitative estimate of drug-likeness (QED) is 0.586. The second-order valence-corrected chi connectivity index (χ2v) is 3.33. The van der Waals surface area contributed by atoms with Crippen molar-refractivity contribution in [3.05, 3.63) is 29.3 Å². The molecule has 2 heteroatoms. The van der Waals surface area contributed by atoms with Crippen molar-refractivity contribution in [2.24, 2.45) is 0 Å². The van der Waals surface area contributed by atoms with E-state index in [1.54, 1.807) is 7.11 Å². The van der Waals surface area contributed by atoms with Crippen LogP contribution in [-0.4, -0.2) is 13.2 Å². The average Bonchev–Trinajstić information content (AvgIpc) is 2.78. The predicted molar refractivity (Wildman–Crippen MR) is 44.3 cm³/mol. The molecule has 1 aromatic rings. The third-order valence-electron chi connectivity index (χ3n) is 2.68. The molecular formula is C10H10O2. The average molecular weight is 162 g/mol. The van der Waals surface area contributed by atoms with Crippen LogP contribution in [0.5, 0.6) is 5.75 Å². The molecule has 1 aliphatic heterocycles. The van der Waals surface area contributed by atoms with Crippen LogP contribution in [0.25, 0.3) is 0 Å². The molecule has 62 valence electrons. The van der Waals surface area contributed by atoms with Gasteiger partial charge in [-0.05, 0) is 11.6 Å². The zero-order valence-corrected chi connectivity index (χ0v) is 6.91. The molecule has 12 heavy (non-hydrogen) atoms. The summed E-state index contributed by atoms with van der Waals surface area (Å²) in [6.07, 6.45) is 1.87. The number of ether oxygens (including phenoxy) is 2. The van der Waals surface area contributed by atoms with Crippen molar-refractivity contribution in [3.8, 4) is 5.75 Å². The molecule has 1 fully saturated rings. The SMILES string of the molecule is COc1cccc2c1C[C@@H]1O[C@H]21. The van der Waals surface area contributed by atoms with Crippen LogP contribution in [-0.2, 0) is 11.2 Å². The lowest BCUT2D eigenvalue weighted by Crippen LogP contribution is -1.94. The van der Waals surface area contributed by atoms with Gasteiger partial charge in [-0.1, -0.05) is 12.1 Å². The van der Waals surface area contributed by atoms with Gasteiger partial charge in [0.1, 0.15) is 11.9 Å². The highest BCUT2D eigenvalue weighted by Crippen LogP contribution is 2.50. The summed E-state index contributed by atoms with van der Waals surface area (Å²) >= 11 is 0. The molecule has 2 nitrogen and oxygen atoms in total. The summed E-state index contributed by atoms with van der Waals surface area (Å²) < 4.78 is 10.7. The summed E-state index contributed by atoms with van der Waals surface area (Å²) in [6.45, 7) is 0. The van der Waals surface area contributed by atoms with Crippen molar-refractivity contribution in [2.75, 3.05) is 7.11 Å². The zero-order chi connectivity index (χ0) is 8.13. The van der Waals surface area contributed by atoms with Gasteiger partial charge in [-0.15, -0.1) is 0 Å². The lowest BCUT2D eigenvalue weighted by atomic mass is 10.1. The van der Waals surface area contributed by atoms with E-state index >= 15 is 0 Å². The Morgan fingerprint density at radius 2 is 2.42 bits per heavy atom. The van der Waals surface area contributed by atoms with Crippen molar-refractivity contribution in [1.29, 1.82) is 0 Å². The Labute approximate surface area is 71.1 Å². The fourth-order valence-corrected chi connectivity index (χ4v) is 2.03. The number of epoxide rings is 1. The van der Waals surface area contributed by atoms with Gasteiger partial charge in [-0.25, -0.2) is 0 Å². The normalized spacial score (nSPS) is 29.4. The Balaban J connectivity index is 2.16. The Morgan fingerprint density at radius 3 is 3.25 bits per heavy atom. The summed E-state index contributed by atoms with van der Waals surface area (Å²) in [6, 6.07) is 6.18. The highest BCUT2D eigenvalue weighted by atomic mass is 16.6. The molecule has 1 saturated heterocycles. The molecule has 0 radical (unpaired) electrons. The van der Waals surface area contributed by atoms with Gasteiger partial charge in [0, 0.05) is 12.0 Å². The molecule has 0 bridgehead atoms. The maximum absolute atomic E-state index is 5.42. The zero-order valence-electron chi connectivity index (χ0n) is 6.91. The third-order valence-corrected chi connectivity index (χ3v) is 2.68. The van der Waals surface area contributed by atoms with E-state index < -0.39 is 0 Å². The molecule has 0 saturated carbocycles. The van der Waals surface area contributed by atoms with Crippen molar-refractivity contribution in [1.82, 2.24) is 0 Å². The van der Waals surface area contributed by atoms with Crippen molar-refractivity contribution >= 4 is 0 Å². The van der Waals surface area contributed by atoms with Crippen LogP contribution >= 0.6 is 0 Å². The molecule has 0 aromatic heterocycles. The Hall–Kier alpha value is -1.02. The molecule has 2 atom stereocenters. The van der Waals surface area contributed by atoms with Gasteiger partial charge < -0.3 is 9.47 Å². The van der Waals surface area contributed by atoms with E-state index in [1.165, 1.54) is 11.1 Å². The summed E-state index contributed by atoms with van der Waals surface area (Å²) in [7, 11) is 1.72. The minimum atomic E-state index is 0.384. The fourth-order valence-electron chi connectivity index (χ4n) is 2.03. The Morgan fingerprint density at radius 1 is 1.50 bits per heavy atom. The summed E-state index contributed by atoms with van der Waals surface area (Å²) in [5.74, 6) is 1.02. The minimum Gasteiger partial charge on any atom is -0.496 e. The molecule has 1 aliphatic carbocycles. The number of methoxy groups -OCH3 is 1. The maximum Gasteiger partial charge on any atom is 0.122 e. The van der Waals surface area contributed by atoms with Crippen molar-refractivity contribution in [3.63, 3.8) is 0 Å². The molecular weight excluding hydrogens is 152 g/mol. The highest BCUT2D eigenvalue weighted by molar-refractivity contribution is 5.48. The number of hydrogen-bond acceptors (Lipinski definition) is 2. The molecule has 3 rings (SSSR count). The van der Waals surface area contributed by atoms with Crippen molar-refractivity contribution < 1.29 is 9.47 Å². The molecule has 0 spiro atoms. The first-order valence-corrected chi connectivity index (χ1v) is 4.21. The lowest BCUT2D eigenvalue weighted by molar-refractivity contribution is 0.352. The van der Waals surface area contributed by atoms with Crippen LogP contribution < -0.4 is 4.74 Å². The first-order valence-electron chi connectivity index (χ1n) is 4.21. The van der Waals surface area contributed by atoms with Gasteiger partial charge in [0.15, 0.2) is 0 Å². The van der Waals surface area contributed by atoms with E-state index in [0.29, 0.717) is 12.2 Å². The summed E-state index contributed by atoms with van der Waals surface area (Å²) in [4.78, 5) is 0. The summed E-state index contributed by atoms with van der Waals surface area (Å²) in [5, 5.41) is 0. The number of fused-ring (bicyclic) bond motifs is 3. The molecule has 0 unspecified atom stereocenters. The van der Waals surface area contributed by atoms with Crippen LogP contribution in [0.3, 0.4) is 0 Å². The van der Waals surface area contributed by atoms with Crippen LogP contribution in [0.1, 0.15) is 17.2 Å². The smallest absolute Gasteiger partial charge is 0.122 e. The highest BCUT2D eigenvalue weighted by Gasteiger charge is 2.48. The Kier molecular flexibility index (Phi) is 1.09. The van der Waals surface area contributed by atoms with E-state index in [0.717, 1.165) is 12.2 Å². The first-order chi connectivity index (χ1) is 5.90. The second kappa shape index (κ2) is 2.02. The number of benzene rings is 1. The minimum absolute atomic E-state index is 0.384. The van der Waals surface area contributed by atoms with E-state index in [9.17, 15) is 0 Å². The maximum atomic E-state index is 5.42. The Bertz CT molecular complexity index is 333. The monoisotopic (exact) mass is 162 g/mol. The third kappa shape index (κ3) is 0.681. The summed E-state index contributed by atoms with van der Waals surface area (Å²) in [5.41, 5.74) is 2.68. The molecule has 1 aromatic carbocycles. The van der Waals surface area contributed by atoms with Gasteiger partial charge in [-0.2, -0.15) is 0 Å². The van der Waals surface area contributed by atoms with E-state index in [4.69, 9.17) is 9.47 Å². The van der Waals surface area contributed by atoms with Gasteiger partial charge >= 0.3 is 0 Å². The van der Waals surface area contributed by atoms with Crippen LogP contribution in [0.2, 0.25) is 0 Å². The lowest BCUT2D eigenvalue weighted by Gasteiger charge is -2.07. The largest absolute Gasteiger partial charge is 0.496 e. The molecule has 0 N–H and O–H groups in total. The fraction of sp³-hybridized carbons (Fsp3) is 0.400. The van der Waals surface area contributed by atoms with Crippen LogP contribution in [0.15, 0.2) is 18.2 Å². The number of rotatable bonds is 1. The van der Waals surface area contributed by atoms with E-state index in [2.05, 4.69) is 6.07 Å². The molecule has 2 aliphatic rings. The standard InChI is InChI=1S/C10H10O2/c1-11-8-4-2-3-6-7(8)5-9-10(6)12-9/h2-4,9-10H,5H2,1H3/t9-,10+/m0/s1. The predicted octanol–water partition coefficient (Wildman–Crippen LogP) is 1.69. The topological polar surface area (TPSA) is 21.8 Å². The van der Waals surface area contributed by atoms with Crippen molar-refractivity contribution in [2.45, 2.75) is 18.6 Å². The number of hydrogen-bond donors (Lipinski definition) is 0. The van der Waals surface area contributed by atoms with Crippen LogP contribution in [0, 0.1) is 0 Å².